The smallest absolute Gasteiger partial charge is 0.336 e. The first-order valence-corrected chi connectivity index (χ1v) is 6.09. The van der Waals surface area contributed by atoms with Gasteiger partial charge in [0.05, 0.1) is 16.0 Å². The molecule has 0 amide bonds. The molecule has 0 aliphatic heterocycles. The summed E-state index contributed by atoms with van der Waals surface area (Å²) in [6.45, 7) is 2.57. The monoisotopic (exact) mass is 274 g/mol. The molecule has 0 aliphatic rings. The second kappa shape index (κ2) is 4.39. The molecule has 0 aromatic heterocycles. The number of benzene rings is 1. The van der Waals surface area contributed by atoms with Crippen molar-refractivity contribution in [3.8, 4) is 0 Å². The summed E-state index contributed by atoms with van der Waals surface area (Å²) >= 11 is 0. The molecule has 0 aliphatic carbocycles. The van der Waals surface area contributed by atoms with Crippen LogP contribution in [0.2, 0.25) is 0 Å². The predicted octanol–water partition coefficient (Wildman–Crippen LogP) is 0.947. The highest BCUT2D eigenvalue weighted by atomic mass is 32.2. The minimum Gasteiger partial charge on any atom is -0.478 e. The first kappa shape index (κ1) is 14.1. The van der Waals surface area contributed by atoms with Gasteiger partial charge in [0, 0.05) is 0 Å². The van der Waals surface area contributed by atoms with E-state index in [-0.39, 0.29) is 11.1 Å². The topological polar surface area (TPSA) is 129 Å². The van der Waals surface area contributed by atoms with Crippen molar-refractivity contribution in [3.63, 3.8) is 0 Å². The number of carboxylic acid groups (broad SMARTS) is 2. The third kappa shape index (κ3) is 2.34. The molecule has 7 nitrogen and oxygen atoms in total. The van der Waals surface area contributed by atoms with Gasteiger partial charge in [-0.15, -0.1) is 0 Å². The van der Waals surface area contributed by atoms with Gasteiger partial charge in [0.15, 0.2) is 0 Å². The van der Waals surface area contributed by atoms with E-state index in [0.717, 1.165) is 0 Å². The maximum absolute atomic E-state index is 11.1. The third-order valence-corrected chi connectivity index (χ3v) is 3.55. The number of hydrogen-bond acceptors (Lipinski definition) is 4. The van der Waals surface area contributed by atoms with E-state index in [4.69, 9.17) is 14.8 Å². The van der Waals surface area contributed by atoms with Crippen LogP contribution in [-0.4, -0.2) is 35.1 Å². The highest BCUT2D eigenvalue weighted by Crippen LogP contribution is 2.25. The first-order chi connectivity index (χ1) is 8.07. The lowest BCUT2D eigenvalue weighted by Crippen LogP contribution is -2.14. The quantitative estimate of drug-likeness (QED) is 0.699. The van der Waals surface area contributed by atoms with Crippen LogP contribution in [0.4, 0.5) is 0 Å². The van der Waals surface area contributed by atoms with Crippen molar-refractivity contribution in [1.82, 2.24) is 0 Å². The molecule has 0 bridgehead atoms. The first-order valence-electron chi connectivity index (χ1n) is 4.65. The van der Waals surface area contributed by atoms with Gasteiger partial charge >= 0.3 is 11.9 Å². The van der Waals surface area contributed by atoms with Crippen LogP contribution < -0.4 is 0 Å². The molecule has 0 fully saturated rings. The van der Waals surface area contributed by atoms with Gasteiger partial charge in [0.1, 0.15) is 0 Å². The van der Waals surface area contributed by atoms with E-state index in [1.54, 1.807) is 0 Å². The number of hydrogen-bond donors (Lipinski definition) is 3. The number of aromatic carboxylic acids is 2. The molecule has 0 spiro atoms. The lowest BCUT2D eigenvalue weighted by Gasteiger charge is -2.12. The van der Waals surface area contributed by atoms with Crippen molar-refractivity contribution < 1.29 is 32.8 Å². The Hall–Kier alpha value is -1.93. The van der Waals surface area contributed by atoms with E-state index in [1.807, 2.05) is 0 Å². The Morgan fingerprint density at radius 1 is 1.06 bits per heavy atom. The zero-order chi connectivity index (χ0) is 14.2. The Balaban J connectivity index is 3.88. The summed E-state index contributed by atoms with van der Waals surface area (Å²) in [5.41, 5.74) is -1.19. The SMILES string of the molecule is Cc1c(S(=O)(=O)O)cc(C(=O)O)c(C(=O)O)c1C. The van der Waals surface area contributed by atoms with E-state index >= 15 is 0 Å². The van der Waals surface area contributed by atoms with Gasteiger partial charge in [-0.25, -0.2) is 9.59 Å². The highest BCUT2D eigenvalue weighted by molar-refractivity contribution is 7.85. The molecular formula is C10H10O7S. The minimum atomic E-state index is -4.61. The minimum absolute atomic E-state index is 0.0000926. The molecule has 1 rings (SSSR count). The van der Waals surface area contributed by atoms with Crippen molar-refractivity contribution in [2.24, 2.45) is 0 Å². The standard InChI is InChI=1S/C10H10O7S/c1-4-5(2)8(10(13)14)6(9(11)12)3-7(4)18(15,16)17/h3H,1-2H3,(H,11,12)(H,13,14)(H,15,16,17). The molecule has 1 aromatic rings. The summed E-state index contributed by atoms with van der Waals surface area (Å²) in [6.07, 6.45) is 0. The zero-order valence-electron chi connectivity index (χ0n) is 9.46. The van der Waals surface area contributed by atoms with Crippen LogP contribution >= 0.6 is 0 Å². The van der Waals surface area contributed by atoms with Gasteiger partial charge in [-0.1, -0.05) is 0 Å². The van der Waals surface area contributed by atoms with Gasteiger partial charge in [-0.3, -0.25) is 4.55 Å². The molecular weight excluding hydrogens is 264 g/mol. The van der Waals surface area contributed by atoms with E-state index in [1.165, 1.54) is 13.8 Å². The Bertz CT molecular complexity index is 643. The van der Waals surface area contributed by atoms with Gasteiger partial charge in [0.25, 0.3) is 10.1 Å². The zero-order valence-corrected chi connectivity index (χ0v) is 10.3. The molecule has 1 aromatic carbocycles. The average molecular weight is 274 g/mol. The van der Waals surface area contributed by atoms with Crippen LogP contribution in [0.25, 0.3) is 0 Å². The van der Waals surface area contributed by atoms with Crippen molar-refractivity contribution in [2.45, 2.75) is 18.7 Å². The summed E-state index contributed by atoms with van der Waals surface area (Å²) in [7, 11) is -4.61. The van der Waals surface area contributed by atoms with E-state index in [0.29, 0.717) is 6.07 Å². The summed E-state index contributed by atoms with van der Waals surface area (Å²) in [6, 6.07) is 0.642. The fourth-order valence-corrected chi connectivity index (χ4v) is 2.40. The van der Waals surface area contributed by atoms with E-state index in [9.17, 15) is 18.0 Å². The van der Waals surface area contributed by atoms with Gasteiger partial charge in [-0.2, -0.15) is 8.42 Å². The van der Waals surface area contributed by atoms with Gasteiger partial charge in [-0.05, 0) is 31.0 Å². The fraction of sp³-hybridized carbons (Fsp3) is 0.200. The molecule has 0 radical (unpaired) electrons. The maximum atomic E-state index is 11.1. The predicted molar refractivity (Wildman–Crippen MR) is 59.6 cm³/mol. The second-order valence-electron chi connectivity index (χ2n) is 3.63. The molecule has 18 heavy (non-hydrogen) atoms. The normalized spacial score (nSPS) is 11.3. The molecule has 0 unspecified atom stereocenters. The molecule has 0 saturated carbocycles. The van der Waals surface area contributed by atoms with Gasteiger partial charge < -0.3 is 10.2 Å². The average Bonchev–Trinajstić information content (AvgIpc) is 2.18. The van der Waals surface area contributed by atoms with Gasteiger partial charge in [0.2, 0.25) is 0 Å². The Kier molecular flexibility index (Phi) is 3.45. The van der Waals surface area contributed by atoms with Crippen LogP contribution in [-0.2, 0) is 10.1 Å². The molecule has 98 valence electrons. The summed E-state index contributed by atoms with van der Waals surface area (Å²) in [5.74, 6) is -3.06. The van der Waals surface area contributed by atoms with E-state index < -0.39 is 38.1 Å². The second-order valence-corrected chi connectivity index (χ2v) is 5.02. The molecule has 0 atom stereocenters. The summed E-state index contributed by atoms with van der Waals surface area (Å²) in [4.78, 5) is 21.3. The Labute approximate surface area is 102 Å². The number of carboxylic acids is 2. The van der Waals surface area contributed by atoms with E-state index in [2.05, 4.69) is 0 Å². The Morgan fingerprint density at radius 2 is 1.56 bits per heavy atom. The van der Waals surface area contributed by atoms with Crippen molar-refractivity contribution in [3.05, 3.63) is 28.3 Å². The number of carbonyl (C=O) groups is 2. The summed E-state index contributed by atoms with van der Waals surface area (Å²) < 4.78 is 31.1. The van der Waals surface area contributed by atoms with Crippen LogP contribution in [0.15, 0.2) is 11.0 Å². The lowest BCUT2D eigenvalue weighted by molar-refractivity contribution is 0.0650. The molecule has 3 N–H and O–H groups in total. The molecule has 0 saturated heterocycles. The van der Waals surface area contributed by atoms with Crippen LogP contribution in [0.5, 0.6) is 0 Å². The van der Waals surface area contributed by atoms with Crippen LogP contribution in [0.3, 0.4) is 0 Å². The summed E-state index contributed by atoms with van der Waals surface area (Å²) in [5, 5.41) is 17.8. The lowest BCUT2D eigenvalue weighted by atomic mass is 9.97. The number of rotatable bonds is 3. The van der Waals surface area contributed by atoms with Crippen LogP contribution in [0.1, 0.15) is 31.8 Å². The molecule has 0 heterocycles. The largest absolute Gasteiger partial charge is 0.478 e. The Morgan fingerprint density at radius 3 is 1.89 bits per heavy atom. The van der Waals surface area contributed by atoms with Crippen molar-refractivity contribution in [1.29, 1.82) is 0 Å². The third-order valence-electron chi connectivity index (χ3n) is 2.57. The highest BCUT2D eigenvalue weighted by Gasteiger charge is 2.26. The van der Waals surface area contributed by atoms with Crippen molar-refractivity contribution in [2.75, 3.05) is 0 Å². The van der Waals surface area contributed by atoms with Crippen molar-refractivity contribution >= 4 is 22.1 Å². The molecule has 8 heteroatoms. The fourth-order valence-electron chi connectivity index (χ4n) is 1.60. The maximum Gasteiger partial charge on any atom is 0.336 e. The van der Waals surface area contributed by atoms with Crippen LogP contribution in [0, 0.1) is 13.8 Å².